The fourth-order valence-electron chi connectivity index (χ4n) is 7.08. The first-order valence-electron chi connectivity index (χ1n) is 15.8. The molecule has 0 saturated heterocycles. The van der Waals surface area contributed by atoms with E-state index >= 15 is 0 Å². The molecule has 218 valence electrons. The number of hydrogen-bond acceptors (Lipinski definition) is 3. The average Bonchev–Trinajstić information content (AvgIpc) is 3.52. The van der Waals surface area contributed by atoms with Gasteiger partial charge >= 0.3 is 0 Å². The van der Waals surface area contributed by atoms with E-state index in [9.17, 15) is 0 Å². The summed E-state index contributed by atoms with van der Waals surface area (Å²) in [5.41, 5.74) is 10.9. The second kappa shape index (κ2) is 10.9. The van der Waals surface area contributed by atoms with Crippen molar-refractivity contribution in [1.82, 2.24) is 4.98 Å². The molecule has 1 aliphatic carbocycles. The quantitative estimate of drug-likeness (QED) is 0.200. The molecule has 3 nitrogen and oxygen atoms in total. The molecule has 1 aliphatic rings. The van der Waals surface area contributed by atoms with Gasteiger partial charge in [0.2, 0.25) is 0 Å². The zero-order valence-corrected chi connectivity index (χ0v) is 25.2. The topological polar surface area (TPSA) is 29.3 Å². The van der Waals surface area contributed by atoms with Crippen molar-refractivity contribution in [3.8, 4) is 11.3 Å². The number of anilines is 3. The van der Waals surface area contributed by atoms with Gasteiger partial charge in [-0.05, 0) is 82.4 Å². The highest BCUT2D eigenvalue weighted by Crippen LogP contribution is 2.41. The summed E-state index contributed by atoms with van der Waals surface area (Å²) in [7, 11) is 0. The Bertz CT molecular complexity index is 2390. The van der Waals surface area contributed by atoms with Gasteiger partial charge in [0.1, 0.15) is 11.3 Å². The molecule has 0 bridgehead atoms. The maximum absolute atomic E-state index is 6.47. The van der Waals surface area contributed by atoms with Gasteiger partial charge in [-0.1, -0.05) is 109 Å². The molecule has 2 heterocycles. The molecule has 0 saturated carbocycles. The van der Waals surface area contributed by atoms with Crippen molar-refractivity contribution in [2.75, 3.05) is 4.90 Å². The third kappa shape index (κ3) is 4.40. The number of nitrogens with zero attached hydrogens (tertiary/aromatic N) is 2. The molecule has 0 radical (unpaired) electrons. The molecule has 1 unspecified atom stereocenters. The van der Waals surface area contributed by atoms with Crippen LogP contribution in [-0.4, -0.2) is 4.98 Å². The van der Waals surface area contributed by atoms with Crippen molar-refractivity contribution in [2.45, 2.75) is 12.3 Å². The van der Waals surface area contributed by atoms with Crippen molar-refractivity contribution < 1.29 is 4.42 Å². The minimum Gasteiger partial charge on any atom is -0.454 e. The highest BCUT2D eigenvalue weighted by Gasteiger charge is 2.20. The summed E-state index contributed by atoms with van der Waals surface area (Å²) in [5.74, 6) is 0.367. The predicted octanol–water partition coefficient (Wildman–Crippen LogP) is 11.8. The molecule has 0 spiro atoms. The fourth-order valence-corrected chi connectivity index (χ4v) is 7.08. The molecule has 0 aliphatic heterocycles. The number of furan rings is 1. The third-order valence-electron chi connectivity index (χ3n) is 9.28. The van der Waals surface area contributed by atoms with E-state index in [4.69, 9.17) is 9.40 Å². The van der Waals surface area contributed by atoms with E-state index in [2.05, 4.69) is 163 Å². The van der Waals surface area contributed by atoms with E-state index in [1.54, 1.807) is 0 Å². The Labute approximate surface area is 267 Å². The average molecular weight is 591 g/mol. The summed E-state index contributed by atoms with van der Waals surface area (Å²) in [5, 5.41) is 4.62. The molecule has 6 aromatic carbocycles. The van der Waals surface area contributed by atoms with Crippen molar-refractivity contribution in [2.24, 2.45) is 0 Å². The van der Waals surface area contributed by atoms with E-state index in [0.717, 1.165) is 56.7 Å². The van der Waals surface area contributed by atoms with Gasteiger partial charge in [0.25, 0.3) is 0 Å². The molecule has 0 fully saturated rings. The monoisotopic (exact) mass is 590 g/mol. The Kier molecular flexibility index (Phi) is 6.27. The fraction of sp³-hybridized carbons (Fsp3) is 0.0465. The molecule has 3 heteroatoms. The van der Waals surface area contributed by atoms with Gasteiger partial charge in [-0.3, -0.25) is 4.98 Å². The first-order chi connectivity index (χ1) is 22.8. The summed E-state index contributed by atoms with van der Waals surface area (Å²) in [4.78, 5) is 7.11. The van der Waals surface area contributed by atoms with Crippen LogP contribution in [0.5, 0.6) is 0 Å². The van der Waals surface area contributed by atoms with Crippen LogP contribution < -0.4 is 4.90 Å². The molecular weight excluding hydrogens is 560 g/mol. The Morgan fingerprint density at radius 1 is 0.609 bits per heavy atom. The van der Waals surface area contributed by atoms with Crippen molar-refractivity contribution >= 4 is 55.8 Å². The third-order valence-corrected chi connectivity index (χ3v) is 9.28. The normalized spacial score (nSPS) is 14.1. The maximum atomic E-state index is 6.47. The summed E-state index contributed by atoms with van der Waals surface area (Å²) < 4.78 is 6.47. The van der Waals surface area contributed by atoms with Crippen LogP contribution in [0, 0.1) is 0 Å². The Morgan fingerprint density at radius 2 is 1.33 bits per heavy atom. The van der Waals surface area contributed by atoms with E-state index < -0.39 is 0 Å². The highest BCUT2D eigenvalue weighted by atomic mass is 16.3. The lowest BCUT2D eigenvalue weighted by atomic mass is 9.82. The Morgan fingerprint density at radius 3 is 2.17 bits per heavy atom. The van der Waals surface area contributed by atoms with Gasteiger partial charge in [-0.25, -0.2) is 0 Å². The van der Waals surface area contributed by atoms with Crippen LogP contribution >= 0.6 is 0 Å². The van der Waals surface area contributed by atoms with E-state index in [-0.39, 0.29) is 0 Å². The van der Waals surface area contributed by atoms with Crippen LogP contribution in [0.1, 0.15) is 29.0 Å². The lowest BCUT2D eigenvalue weighted by Gasteiger charge is -2.27. The van der Waals surface area contributed by atoms with Gasteiger partial charge < -0.3 is 9.32 Å². The SMILES string of the molecule is C1=Cc2ccccc2C(c2ccc(N(c3ccccc3)c3ccc(-c4nccc5c4oc4ccc6ccccc6c45)cc3)cc2)C1. The number of hydrogen-bond donors (Lipinski definition) is 0. The largest absolute Gasteiger partial charge is 0.454 e. The first-order valence-corrected chi connectivity index (χ1v) is 15.8. The van der Waals surface area contributed by atoms with Gasteiger partial charge in [-0.2, -0.15) is 0 Å². The molecule has 46 heavy (non-hydrogen) atoms. The number of allylic oxidation sites excluding steroid dienone is 1. The Hall–Kier alpha value is -5.93. The Balaban J connectivity index is 1.10. The van der Waals surface area contributed by atoms with Crippen LogP contribution in [0.4, 0.5) is 17.1 Å². The summed E-state index contributed by atoms with van der Waals surface area (Å²) in [6.07, 6.45) is 7.44. The van der Waals surface area contributed by atoms with Crippen LogP contribution in [0.3, 0.4) is 0 Å². The standard InChI is InChI=1S/C43H30N2O/c1-2-12-33(13-3-1)45(34-22-17-31(18-23-34)37-16-8-11-29-9-4-6-14-36(29)37)35-24-19-32(20-25-35)42-43-39(27-28-44-42)41-38-15-7-5-10-30(38)21-26-40(41)46-43/h1-15,17-28,37H,16H2. The number of aromatic nitrogens is 1. The predicted molar refractivity (Wildman–Crippen MR) is 191 cm³/mol. The lowest BCUT2D eigenvalue weighted by Crippen LogP contribution is -2.10. The van der Waals surface area contributed by atoms with E-state index in [0.29, 0.717) is 5.92 Å². The summed E-state index contributed by atoms with van der Waals surface area (Å²) in [6.45, 7) is 0. The molecule has 0 N–H and O–H groups in total. The zero-order valence-electron chi connectivity index (χ0n) is 25.2. The minimum atomic E-state index is 0.367. The van der Waals surface area contributed by atoms with Crippen molar-refractivity contribution in [1.29, 1.82) is 0 Å². The lowest BCUT2D eigenvalue weighted by molar-refractivity contribution is 0.668. The van der Waals surface area contributed by atoms with Crippen molar-refractivity contribution in [3.05, 3.63) is 175 Å². The smallest absolute Gasteiger partial charge is 0.161 e. The number of para-hydroxylation sites is 1. The minimum absolute atomic E-state index is 0.367. The van der Waals surface area contributed by atoms with Gasteiger partial charge in [0, 0.05) is 45.5 Å². The van der Waals surface area contributed by atoms with Crippen LogP contribution in [0.15, 0.2) is 162 Å². The van der Waals surface area contributed by atoms with Crippen molar-refractivity contribution in [3.63, 3.8) is 0 Å². The van der Waals surface area contributed by atoms with Gasteiger partial charge in [-0.15, -0.1) is 0 Å². The maximum Gasteiger partial charge on any atom is 0.161 e. The number of rotatable bonds is 5. The number of benzene rings is 6. The van der Waals surface area contributed by atoms with Gasteiger partial charge in [0.15, 0.2) is 5.58 Å². The van der Waals surface area contributed by atoms with Crippen LogP contribution in [0.2, 0.25) is 0 Å². The molecule has 2 aromatic heterocycles. The van der Waals surface area contributed by atoms with Crippen LogP contribution in [-0.2, 0) is 0 Å². The molecule has 9 rings (SSSR count). The highest BCUT2D eigenvalue weighted by molar-refractivity contribution is 6.20. The van der Waals surface area contributed by atoms with Crippen LogP contribution in [0.25, 0.3) is 50.0 Å². The number of pyridine rings is 1. The molecule has 0 amide bonds. The zero-order chi connectivity index (χ0) is 30.5. The first kappa shape index (κ1) is 26.5. The molecule has 8 aromatic rings. The van der Waals surface area contributed by atoms with E-state index in [1.165, 1.54) is 27.5 Å². The molecular formula is C43H30N2O. The van der Waals surface area contributed by atoms with Gasteiger partial charge in [0.05, 0.1) is 0 Å². The summed E-state index contributed by atoms with van der Waals surface area (Å²) >= 11 is 0. The molecule has 1 atom stereocenters. The number of fused-ring (bicyclic) bond motifs is 6. The van der Waals surface area contributed by atoms with E-state index in [1.807, 2.05) is 6.20 Å². The summed E-state index contributed by atoms with van der Waals surface area (Å²) in [6, 6.07) is 51.7. The second-order valence-corrected chi connectivity index (χ2v) is 11.9. The second-order valence-electron chi connectivity index (χ2n) is 11.9.